The number of nitrogens with zero attached hydrogens (tertiary/aromatic N) is 1. The summed E-state index contributed by atoms with van der Waals surface area (Å²) < 4.78 is 10.5. The van der Waals surface area contributed by atoms with E-state index in [-0.39, 0.29) is 5.91 Å². The highest BCUT2D eigenvalue weighted by Gasteiger charge is 2.07. The third-order valence-electron chi connectivity index (χ3n) is 2.91. The van der Waals surface area contributed by atoms with Gasteiger partial charge in [-0.1, -0.05) is 11.6 Å². The van der Waals surface area contributed by atoms with Crippen molar-refractivity contribution < 1.29 is 14.3 Å². The Hall–Kier alpha value is -1.30. The second-order valence-corrected chi connectivity index (χ2v) is 5.08. The Morgan fingerprint density at radius 2 is 2.00 bits per heavy atom. The molecular formula is C15H23ClN2O3. The van der Waals surface area contributed by atoms with Crippen LogP contribution in [0.25, 0.3) is 0 Å². The molecule has 0 radical (unpaired) electrons. The third kappa shape index (κ3) is 7.90. The Morgan fingerprint density at radius 1 is 1.29 bits per heavy atom. The number of ether oxygens (including phenoxy) is 2. The SMILES string of the molecule is COCCNCC(=O)N(C)CCCOc1ccc(Cl)cc1. The molecule has 0 aliphatic rings. The molecule has 0 unspecified atom stereocenters. The Labute approximate surface area is 131 Å². The van der Waals surface area contributed by atoms with Crippen LogP contribution in [0.4, 0.5) is 0 Å². The summed E-state index contributed by atoms with van der Waals surface area (Å²) in [5.74, 6) is 0.854. The van der Waals surface area contributed by atoms with Crippen molar-refractivity contribution in [1.82, 2.24) is 10.2 Å². The van der Waals surface area contributed by atoms with Gasteiger partial charge in [-0.3, -0.25) is 4.79 Å². The molecule has 6 heteroatoms. The van der Waals surface area contributed by atoms with Crippen LogP contribution in [-0.4, -0.2) is 57.8 Å². The molecule has 0 aliphatic heterocycles. The lowest BCUT2D eigenvalue weighted by Crippen LogP contribution is -2.37. The molecule has 0 bridgehead atoms. The van der Waals surface area contributed by atoms with Crippen LogP contribution in [0.3, 0.4) is 0 Å². The molecule has 1 N–H and O–H groups in total. The van der Waals surface area contributed by atoms with Gasteiger partial charge in [-0.15, -0.1) is 0 Å². The highest BCUT2D eigenvalue weighted by Crippen LogP contribution is 2.15. The summed E-state index contributed by atoms with van der Waals surface area (Å²) >= 11 is 5.80. The minimum absolute atomic E-state index is 0.0672. The number of carbonyl (C=O) groups excluding carboxylic acids is 1. The average Bonchev–Trinajstić information content (AvgIpc) is 2.49. The van der Waals surface area contributed by atoms with Crippen molar-refractivity contribution in [3.63, 3.8) is 0 Å². The predicted octanol–water partition coefficient (Wildman–Crippen LogP) is 1.80. The van der Waals surface area contributed by atoms with E-state index in [1.165, 1.54) is 0 Å². The van der Waals surface area contributed by atoms with Crippen molar-refractivity contribution in [1.29, 1.82) is 0 Å². The van der Waals surface area contributed by atoms with Gasteiger partial charge in [-0.25, -0.2) is 0 Å². The van der Waals surface area contributed by atoms with Crippen molar-refractivity contribution in [2.45, 2.75) is 6.42 Å². The Morgan fingerprint density at radius 3 is 2.67 bits per heavy atom. The van der Waals surface area contributed by atoms with Gasteiger partial charge in [-0.05, 0) is 30.7 Å². The molecule has 0 aromatic heterocycles. The first-order valence-corrected chi connectivity index (χ1v) is 7.33. The smallest absolute Gasteiger partial charge is 0.236 e. The first kappa shape index (κ1) is 17.8. The Balaban J connectivity index is 2.10. The van der Waals surface area contributed by atoms with E-state index >= 15 is 0 Å². The van der Waals surface area contributed by atoms with Crippen LogP contribution in [0, 0.1) is 0 Å². The number of carbonyl (C=O) groups is 1. The third-order valence-corrected chi connectivity index (χ3v) is 3.16. The van der Waals surface area contributed by atoms with Gasteiger partial charge >= 0.3 is 0 Å². The van der Waals surface area contributed by atoms with Crippen LogP contribution in [-0.2, 0) is 9.53 Å². The van der Waals surface area contributed by atoms with Crippen molar-refractivity contribution in [3.05, 3.63) is 29.3 Å². The zero-order chi connectivity index (χ0) is 15.5. The van der Waals surface area contributed by atoms with E-state index in [0.29, 0.717) is 37.9 Å². The molecule has 0 saturated heterocycles. The summed E-state index contributed by atoms with van der Waals surface area (Å²) in [4.78, 5) is 13.5. The molecule has 1 rings (SSSR count). The van der Waals surface area contributed by atoms with Crippen LogP contribution in [0.15, 0.2) is 24.3 Å². The Kier molecular flexibility index (Phi) is 8.82. The van der Waals surface area contributed by atoms with Gasteiger partial charge in [-0.2, -0.15) is 0 Å². The number of nitrogens with one attached hydrogen (secondary N) is 1. The number of hydrogen-bond donors (Lipinski definition) is 1. The van der Waals surface area contributed by atoms with E-state index < -0.39 is 0 Å². The Bertz CT molecular complexity index is 412. The molecule has 1 aromatic carbocycles. The standard InChI is InChI=1S/C15H23ClN2O3/c1-18(15(19)12-17-8-11-20-2)9-3-10-21-14-6-4-13(16)5-7-14/h4-7,17H,3,8-12H2,1-2H3. The quantitative estimate of drug-likeness (QED) is 0.669. The van der Waals surface area contributed by atoms with Crippen LogP contribution >= 0.6 is 11.6 Å². The summed E-state index contributed by atoms with van der Waals surface area (Å²) in [6.07, 6.45) is 0.781. The number of amides is 1. The van der Waals surface area contributed by atoms with Crippen LogP contribution in [0.2, 0.25) is 5.02 Å². The van der Waals surface area contributed by atoms with Crippen LogP contribution in [0.5, 0.6) is 5.75 Å². The molecule has 1 aromatic rings. The molecule has 5 nitrogen and oxygen atoms in total. The van der Waals surface area contributed by atoms with Gasteiger partial charge < -0.3 is 19.7 Å². The lowest BCUT2D eigenvalue weighted by molar-refractivity contribution is -0.129. The second-order valence-electron chi connectivity index (χ2n) is 4.64. The first-order valence-electron chi connectivity index (χ1n) is 6.95. The van der Waals surface area contributed by atoms with E-state index in [1.54, 1.807) is 31.2 Å². The fraction of sp³-hybridized carbons (Fsp3) is 0.533. The van der Waals surface area contributed by atoms with E-state index in [1.807, 2.05) is 12.1 Å². The summed E-state index contributed by atoms with van der Waals surface area (Å²) in [6.45, 7) is 2.84. The molecule has 0 heterocycles. The zero-order valence-electron chi connectivity index (χ0n) is 12.6. The minimum atomic E-state index is 0.0672. The molecule has 0 fully saturated rings. The maximum atomic E-state index is 11.8. The largest absolute Gasteiger partial charge is 0.494 e. The van der Waals surface area contributed by atoms with E-state index in [4.69, 9.17) is 21.1 Å². The maximum absolute atomic E-state index is 11.8. The summed E-state index contributed by atoms with van der Waals surface area (Å²) in [7, 11) is 3.43. The normalized spacial score (nSPS) is 10.4. The highest BCUT2D eigenvalue weighted by atomic mass is 35.5. The van der Waals surface area contributed by atoms with Gasteiger partial charge in [0.2, 0.25) is 5.91 Å². The summed E-state index contributed by atoms with van der Waals surface area (Å²) in [5, 5.41) is 3.72. The second kappa shape index (κ2) is 10.4. The molecule has 0 atom stereocenters. The lowest BCUT2D eigenvalue weighted by Gasteiger charge is -2.17. The van der Waals surface area contributed by atoms with Gasteiger partial charge in [0.1, 0.15) is 5.75 Å². The topological polar surface area (TPSA) is 50.8 Å². The van der Waals surface area contributed by atoms with E-state index in [0.717, 1.165) is 12.2 Å². The highest BCUT2D eigenvalue weighted by molar-refractivity contribution is 6.30. The van der Waals surface area contributed by atoms with Crippen molar-refractivity contribution in [2.24, 2.45) is 0 Å². The van der Waals surface area contributed by atoms with Crippen LogP contribution in [0.1, 0.15) is 6.42 Å². The number of benzene rings is 1. The van der Waals surface area contributed by atoms with Crippen molar-refractivity contribution in [2.75, 3.05) is 47.0 Å². The molecule has 0 aliphatic carbocycles. The van der Waals surface area contributed by atoms with Gasteiger partial charge in [0.25, 0.3) is 0 Å². The molecule has 118 valence electrons. The van der Waals surface area contributed by atoms with Crippen molar-refractivity contribution >= 4 is 17.5 Å². The monoisotopic (exact) mass is 314 g/mol. The predicted molar refractivity (Wildman–Crippen MR) is 83.9 cm³/mol. The molecular weight excluding hydrogens is 292 g/mol. The summed E-state index contributed by atoms with van der Waals surface area (Å²) in [5.41, 5.74) is 0. The average molecular weight is 315 g/mol. The minimum Gasteiger partial charge on any atom is -0.494 e. The maximum Gasteiger partial charge on any atom is 0.236 e. The van der Waals surface area contributed by atoms with Gasteiger partial charge in [0.05, 0.1) is 19.8 Å². The molecule has 0 spiro atoms. The first-order chi connectivity index (χ1) is 10.1. The number of methoxy groups -OCH3 is 1. The fourth-order valence-corrected chi connectivity index (χ4v) is 1.78. The number of hydrogen-bond acceptors (Lipinski definition) is 4. The zero-order valence-corrected chi connectivity index (χ0v) is 13.4. The van der Waals surface area contributed by atoms with Gasteiger partial charge in [0, 0.05) is 32.3 Å². The molecule has 0 saturated carbocycles. The number of likely N-dealkylation sites (N-methyl/N-ethyl adjacent to an activating group) is 1. The molecule has 1 amide bonds. The molecule has 21 heavy (non-hydrogen) atoms. The van der Waals surface area contributed by atoms with E-state index in [9.17, 15) is 4.79 Å². The summed E-state index contributed by atoms with van der Waals surface area (Å²) in [6, 6.07) is 7.24. The number of halogens is 1. The van der Waals surface area contributed by atoms with Crippen LogP contribution < -0.4 is 10.1 Å². The van der Waals surface area contributed by atoms with E-state index in [2.05, 4.69) is 5.32 Å². The number of rotatable bonds is 10. The fourth-order valence-electron chi connectivity index (χ4n) is 1.65. The lowest BCUT2D eigenvalue weighted by atomic mass is 10.3. The van der Waals surface area contributed by atoms with Gasteiger partial charge in [0.15, 0.2) is 0 Å². The van der Waals surface area contributed by atoms with Crippen molar-refractivity contribution in [3.8, 4) is 5.75 Å².